The molecule has 0 amide bonds. The summed E-state index contributed by atoms with van der Waals surface area (Å²) in [5, 5.41) is 30.1. The van der Waals surface area contributed by atoms with Crippen LogP contribution in [0.5, 0.6) is 0 Å². The summed E-state index contributed by atoms with van der Waals surface area (Å²) in [7, 11) is 0. The molecule has 0 saturated carbocycles. The van der Waals surface area contributed by atoms with E-state index in [1.54, 1.807) is 0 Å². The summed E-state index contributed by atoms with van der Waals surface area (Å²) in [5.41, 5.74) is 0. The molecule has 6 atom stereocenters. The second kappa shape index (κ2) is 3.65. The van der Waals surface area contributed by atoms with Crippen LogP contribution in [0.2, 0.25) is 0 Å². The predicted octanol–water partition coefficient (Wildman–Crippen LogP) is -3.22. The first kappa shape index (κ1) is 3.16. The van der Waals surface area contributed by atoms with Gasteiger partial charge in [-0.15, -0.1) is 0 Å². The molecular formula is C6H12O6. The first-order chi connectivity index (χ1) is 9.33. The fraction of sp³-hybridized carbons (Fsp3) is 1.00. The van der Waals surface area contributed by atoms with Crippen molar-refractivity contribution in [1.29, 1.82) is 4.29 Å². The van der Waals surface area contributed by atoms with Crippen LogP contribution < -0.4 is 0 Å². The number of rotatable bonds is 4. The molecule has 0 bridgehead atoms. The van der Waals surface area contributed by atoms with E-state index < -0.39 is 37.2 Å². The second-order valence-corrected chi connectivity index (χ2v) is 1.89. The number of ether oxygens (including phenoxy) is 1. The highest BCUT2D eigenvalue weighted by Crippen LogP contribution is 2.18. The summed E-state index contributed by atoms with van der Waals surface area (Å²) in [6, 6.07) is 0. The van der Waals surface area contributed by atoms with Crippen LogP contribution >= 0.6 is 0 Å². The molecule has 72 valence electrons. The van der Waals surface area contributed by atoms with Crippen molar-refractivity contribution >= 4 is 0 Å². The van der Waals surface area contributed by atoms with E-state index in [1.807, 2.05) is 0 Å². The number of aliphatic hydroxyl groups excluding tert-OH is 1. The Hall–Kier alpha value is -0.240. The van der Waals surface area contributed by atoms with E-state index in [9.17, 15) is 10.2 Å². The van der Waals surface area contributed by atoms with Crippen molar-refractivity contribution in [3.05, 3.63) is 0 Å². The molecule has 0 spiro atoms. The summed E-state index contributed by atoms with van der Waals surface area (Å²) in [6.45, 7) is -2.77. The van der Waals surface area contributed by atoms with Gasteiger partial charge in [0.25, 0.3) is 0 Å². The Labute approximate surface area is 81.5 Å². The molecule has 1 fully saturated rings. The van der Waals surface area contributed by atoms with Gasteiger partial charge in [-0.1, -0.05) is 0 Å². The fourth-order valence-corrected chi connectivity index (χ4v) is 0.594. The average molecular weight is 189 g/mol. The van der Waals surface area contributed by atoms with Crippen molar-refractivity contribution in [2.24, 2.45) is 0 Å². The minimum atomic E-state index is -3.79. The van der Waals surface area contributed by atoms with E-state index in [-0.39, 0.29) is 0 Å². The molecule has 5 N–H and O–H groups in total. The van der Waals surface area contributed by atoms with Gasteiger partial charge in [-0.3, -0.25) is 0 Å². The Balaban J connectivity index is 3.72. The summed E-state index contributed by atoms with van der Waals surface area (Å²) in [6.07, 6.45) is -18.3. The third-order valence-corrected chi connectivity index (χ3v) is 1.15. The standard InChI is InChI=1S/C6H12O6/c7-1-2-3(8)4(9)5(10)6(11)12-2/h2-11H,1H2/t2-,3+,4+,5-,6?/m1/s1/i1D,2D,3D,4D,5D,6D,8D,9D,10D/t1?,2-,3+,4+,5-,6?. The van der Waals surface area contributed by atoms with Crippen molar-refractivity contribution in [3.63, 3.8) is 0 Å². The van der Waals surface area contributed by atoms with Gasteiger partial charge in [0.2, 0.25) is 4.29 Å². The van der Waals surface area contributed by atoms with Gasteiger partial charge in [0, 0.05) is 0 Å². The first-order valence-corrected chi connectivity index (χ1v) is 2.79. The molecule has 1 aliphatic heterocycles. The lowest BCUT2D eigenvalue weighted by Crippen LogP contribution is -2.58. The average Bonchev–Trinajstić information content (AvgIpc) is 2.41. The quantitative estimate of drug-likeness (QED) is 0.318. The Bertz CT molecular complexity index is 412. The van der Waals surface area contributed by atoms with Gasteiger partial charge in [0.15, 0.2) is 6.27 Å². The molecule has 6 nitrogen and oxygen atoms in total. The SMILES string of the molecule is [2H]O[C@@]1([2H])[C@@]([2H])(O[2H])[C@@]([2H])(C([2H])O)OC([2H])(O)[C@]1([2H])O[2H]. The predicted molar refractivity (Wildman–Crippen MR) is 36.0 cm³/mol. The number of hydrogen-bond donors (Lipinski definition) is 5. The van der Waals surface area contributed by atoms with E-state index in [4.69, 9.17) is 12.5 Å². The maximum Gasteiger partial charge on any atom is 0.211 e. The Morgan fingerprint density at radius 3 is 2.50 bits per heavy atom. The van der Waals surface area contributed by atoms with Crippen LogP contribution in [0.3, 0.4) is 0 Å². The molecule has 12 heavy (non-hydrogen) atoms. The van der Waals surface area contributed by atoms with Crippen LogP contribution in [0, 0.1) is 0 Å². The largest absolute Gasteiger partial charge is 0.394 e. The van der Waals surface area contributed by atoms with Crippen LogP contribution in [0.25, 0.3) is 0 Å². The third-order valence-electron chi connectivity index (χ3n) is 1.15. The van der Waals surface area contributed by atoms with Gasteiger partial charge in [-0.25, -0.2) is 0 Å². The van der Waals surface area contributed by atoms with Crippen LogP contribution in [0.4, 0.5) is 0 Å². The Kier molecular flexibility index (Phi) is 0.961. The molecule has 1 rings (SSSR count). The molecule has 0 aromatic carbocycles. The highest BCUT2D eigenvalue weighted by molar-refractivity contribution is 4.87. The maximum absolute atomic E-state index is 9.69. The van der Waals surface area contributed by atoms with E-state index in [1.165, 1.54) is 0 Å². The van der Waals surface area contributed by atoms with Gasteiger partial charge in [0.1, 0.15) is 24.3 Å². The fourth-order valence-electron chi connectivity index (χ4n) is 0.594. The molecule has 0 aromatic heterocycles. The van der Waals surface area contributed by atoms with Gasteiger partial charge < -0.3 is 30.3 Å². The summed E-state index contributed by atoms with van der Waals surface area (Å²) in [4.78, 5) is 0. The molecule has 1 aliphatic rings. The van der Waals surface area contributed by atoms with E-state index in [0.29, 0.717) is 0 Å². The van der Waals surface area contributed by atoms with Gasteiger partial charge in [0.05, 0.1) is 14.8 Å². The molecule has 2 unspecified atom stereocenters. The zero-order valence-corrected chi connectivity index (χ0v) is 5.60. The van der Waals surface area contributed by atoms with Crippen LogP contribution in [0.15, 0.2) is 0 Å². The van der Waals surface area contributed by atoms with Crippen LogP contribution in [0.1, 0.15) is 8.22 Å². The summed E-state index contributed by atoms with van der Waals surface area (Å²) in [5.74, 6) is 0. The zero-order chi connectivity index (χ0) is 16.9. The minimum absolute atomic E-state index is 2.77. The Morgan fingerprint density at radius 2 is 2.00 bits per heavy atom. The van der Waals surface area contributed by atoms with E-state index >= 15 is 0 Å². The molecule has 0 radical (unpaired) electrons. The molecule has 6 heteroatoms. The van der Waals surface area contributed by atoms with Gasteiger partial charge >= 0.3 is 0 Å². The maximum atomic E-state index is 9.69. The lowest BCUT2D eigenvalue weighted by molar-refractivity contribution is -0.286. The summed E-state index contributed by atoms with van der Waals surface area (Å²) < 4.78 is 69.6. The molecule has 0 aromatic rings. The third kappa shape index (κ3) is 1.58. The van der Waals surface area contributed by atoms with Crippen molar-refractivity contribution in [2.75, 3.05) is 6.58 Å². The highest BCUT2D eigenvalue weighted by Gasteiger charge is 2.42. The smallest absolute Gasteiger partial charge is 0.211 e. The van der Waals surface area contributed by atoms with Crippen molar-refractivity contribution in [2.45, 2.75) is 30.6 Å². The van der Waals surface area contributed by atoms with E-state index in [2.05, 4.69) is 20.1 Å². The van der Waals surface area contributed by atoms with E-state index in [0.717, 1.165) is 0 Å². The minimum Gasteiger partial charge on any atom is -0.394 e. The lowest BCUT2D eigenvalue weighted by atomic mass is 10.00. The number of hydrogen-bond acceptors (Lipinski definition) is 6. The van der Waals surface area contributed by atoms with Crippen molar-refractivity contribution in [3.8, 4) is 0 Å². The Morgan fingerprint density at radius 1 is 1.33 bits per heavy atom. The van der Waals surface area contributed by atoms with Gasteiger partial charge in [-0.2, -0.15) is 0 Å². The monoisotopic (exact) mass is 189 g/mol. The molecule has 1 heterocycles. The zero-order valence-electron chi connectivity index (χ0n) is 14.6. The molecule has 1 saturated heterocycles. The first-order valence-electron chi connectivity index (χ1n) is 7.09. The van der Waals surface area contributed by atoms with Crippen molar-refractivity contribution < 1.29 is 38.5 Å². The van der Waals surface area contributed by atoms with Crippen LogP contribution in [-0.2, 0) is 4.74 Å². The summed E-state index contributed by atoms with van der Waals surface area (Å²) >= 11 is 0. The molecular weight excluding hydrogens is 168 g/mol. The number of aliphatic hydroxyl groups is 5. The normalized spacial score (nSPS) is 93.0. The second-order valence-electron chi connectivity index (χ2n) is 1.89. The lowest BCUT2D eigenvalue weighted by Gasteiger charge is -2.37. The van der Waals surface area contributed by atoms with Crippen molar-refractivity contribution in [1.82, 2.24) is 0 Å². The topological polar surface area (TPSA) is 110 Å². The van der Waals surface area contributed by atoms with Gasteiger partial charge in [-0.05, 0) is 0 Å². The molecule has 0 aliphatic carbocycles. The van der Waals surface area contributed by atoms with Crippen LogP contribution in [-0.4, -0.2) is 67.0 Å². The highest BCUT2D eigenvalue weighted by atomic mass is 16.6.